The van der Waals surface area contributed by atoms with Crippen LogP contribution in [0.2, 0.25) is 0 Å². The average molecular weight is 328 g/mol. The average Bonchev–Trinajstić information content (AvgIpc) is 3.23. The van der Waals surface area contributed by atoms with Crippen LogP contribution in [0.1, 0.15) is 0 Å². The van der Waals surface area contributed by atoms with Gasteiger partial charge in [0.25, 0.3) is 0 Å². The third-order valence-corrected chi connectivity index (χ3v) is 4.28. The molecule has 1 N–H and O–H groups in total. The number of benzene rings is 2. The number of para-hydroxylation sites is 2. The van der Waals surface area contributed by atoms with Crippen LogP contribution < -0.4 is 0 Å². The standard InChI is InChI=1S/C20H13FN4/c21-14-8-2-1-7-13(14)20-24-18(17-11-5-6-12-25(17)20)19-22-15-9-3-4-10-16(15)23-19/h1-12H,(H,22,23). The number of hydrogen-bond acceptors (Lipinski definition) is 2. The maximum Gasteiger partial charge on any atom is 0.159 e. The number of nitrogens with one attached hydrogen (secondary N) is 1. The number of aromatic amines is 1. The van der Waals surface area contributed by atoms with Crippen molar-refractivity contribution in [1.29, 1.82) is 0 Å². The van der Waals surface area contributed by atoms with Gasteiger partial charge in [-0.25, -0.2) is 14.4 Å². The van der Waals surface area contributed by atoms with Gasteiger partial charge in [0.1, 0.15) is 17.3 Å². The fraction of sp³-hybridized carbons (Fsp3) is 0. The summed E-state index contributed by atoms with van der Waals surface area (Å²) >= 11 is 0. The molecule has 4 nitrogen and oxygen atoms in total. The molecule has 0 bridgehead atoms. The predicted octanol–water partition coefficient (Wildman–Crippen LogP) is 4.68. The van der Waals surface area contributed by atoms with Gasteiger partial charge in [0.2, 0.25) is 0 Å². The van der Waals surface area contributed by atoms with E-state index in [-0.39, 0.29) is 5.82 Å². The summed E-state index contributed by atoms with van der Waals surface area (Å²) in [6.07, 6.45) is 1.89. The van der Waals surface area contributed by atoms with Crippen LogP contribution in [0.4, 0.5) is 4.39 Å². The fourth-order valence-corrected chi connectivity index (χ4v) is 3.11. The summed E-state index contributed by atoms with van der Waals surface area (Å²) in [4.78, 5) is 12.7. The van der Waals surface area contributed by atoms with E-state index in [1.807, 2.05) is 59.1 Å². The molecule has 0 atom stereocenters. The first-order valence-corrected chi connectivity index (χ1v) is 7.98. The van der Waals surface area contributed by atoms with Gasteiger partial charge in [-0.2, -0.15) is 0 Å². The lowest BCUT2D eigenvalue weighted by Gasteiger charge is -2.01. The van der Waals surface area contributed by atoms with E-state index in [0.717, 1.165) is 16.6 Å². The van der Waals surface area contributed by atoms with Gasteiger partial charge in [-0.15, -0.1) is 0 Å². The Bertz CT molecular complexity index is 1190. The van der Waals surface area contributed by atoms with Crippen molar-refractivity contribution in [3.8, 4) is 22.9 Å². The number of halogens is 1. The predicted molar refractivity (Wildman–Crippen MR) is 95.7 cm³/mol. The normalized spacial score (nSPS) is 11.4. The van der Waals surface area contributed by atoms with Gasteiger partial charge < -0.3 is 4.98 Å². The molecule has 0 aliphatic rings. The van der Waals surface area contributed by atoms with Gasteiger partial charge >= 0.3 is 0 Å². The highest BCUT2D eigenvalue weighted by Gasteiger charge is 2.18. The Morgan fingerprint density at radius 3 is 2.52 bits per heavy atom. The summed E-state index contributed by atoms with van der Waals surface area (Å²) in [7, 11) is 0. The molecule has 0 unspecified atom stereocenters. The molecule has 0 saturated carbocycles. The van der Waals surface area contributed by atoms with Gasteiger partial charge in [0.15, 0.2) is 5.82 Å². The fourth-order valence-electron chi connectivity index (χ4n) is 3.11. The Labute approximate surface area is 142 Å². The smallest absolute Gasteiger partial charge is 0.159 e. The Kier molecular flexibility index (Phi) is 2.94. The van der Waals surface area contributed by atoms with Crippen LogP contribution in [0, 0.1) is 5.82 Å². The van der Waals surface area contributed by atoms with Crippen molar-refractivity contribution in [2.45, 2.75) is 0 Å². The van der Waals surface area contributed by atoms with E-state index in [1.54, 1.807) is 12.1 Å². The lowest BCUT2D eigenvalue weighted by atomic mass is 10.2. The molecule has 2 aromatic carbocycles. The molecule has 25 heavy (non-hydrogen) atoms. The second-order valence-corrected chi connectivity index (χ2v) is 5.82. The molecule has 5 rings (SSSR count). The summed E-state index contributed by atoms with van der Waals surface area (Å²) in [5, 5.41) is 0. The number of H-pyrrole nitrogens is 1. The van der Waals surface area contributed by atoms with E-state index in [9.17, 15) is 4.39 Å². The molecular weight excluding hydrogens is 315 g/mol. The summed E-state index contributed by atoms with van der Waals surface area (Å²) in [5.41, 5.74) is 3.87. The molecule has 0 aliphatic heterocycles. The van der Waals surface area contributed by atoms with Crippen LogP contribution >= 0.6 is 0 Å². The Balaban J connectivity index is 1.81. The van der Waals surface area contributed by atoms with E-state index in [4.69, 9.17) is 4.98 Å². The van der Waals surface area contributed by atoms with Crippen LogP contribution in [-0.4, -0.2) is 19.4 Å². The van der Waals surface area contributed by atoms with Crippen LogP contribution in [0.5, 0.6) is 0 Å². The first-order chi connectivity index (χ1) is 12.3. The minimum Gasteiger partial charge on any atom is -0.337 e. The maximum atomic E-state index is 14.3. The lowest BCUT2D eigenvalue weighted by molar-refractivity contribution is 0.630. The Hall–Kier alpha value is -3.47. The summed E-state index contributed by atoms with van der Waals surface area (Å²) in [6.45, 7) is 0. The van der Waals surface area contributed by atoms with Crippen molar-refractivity contribution in [2.24, 2.45) is 0 Å². The highest BCUT2D eigenvalue weighted by molar-refractivity contribution is 5.84. The third kappa shape index (κ3) is 2.13. The number of fused-ring (bicyclic) bond motifs is 2. The zero-order valence-corrected chi connectivity index (χ0v) is 13.1. The topological polar surface area (TPSA) is 46.0 Å². The molecule has 0 amide bonds. The molecular formula is C20H13FN4. The molecule has 5 aromatic rings. The number of rotatable bonds is 2. The first-order valence-electron chi connectivity index (χ1n) is 7.98. The van der Waals surface area contributed by atoms with E-state index in [0.29, 0.717) is 22.9 Å². The van der Waals surface area contributed by atoms with E-state index in [1.165, 1.54) is 6.07 Å². The zero-order chi connectivity index (χ0) is 16.8. The van der Waals surface area contributed by atoms with Crippen molar-refractivity contribution in [3.63, 3.8) is 0 Å². The lowest BCUT2D eigenvalue weighted by Crippen LogP contribution is -1.91. The van der Waals surface area contributed by atoms with Gasteiger partial charge in [-0.3, -0.25) is 4.40 Å². The number of pyridine rings is 1. The van der Waals surface area contributed by atoms with Gasteiger partial charge in [-0.1, -0.05) is 30.3 Å². The quantitative estimate of drug-likeness (QED) is 0.511. The monoisotopic (exact) mass is 328 g/mol. The molecule has 0 fully saturated rings. The minimum absolute atomic E-state index is 0.297. The molecule has 0 radical (unpaired) electrons. The molecule has 120 valence electrons. The van der Waals surface area contributed by atoms with Gasteiger partial charge in [-0.05, 0) is 36.4 Å². The summed E-state index contributed by atoms with van der Waals surface area (Å²) in [6, 6.07) is 20.3. The van der Waals surface area contributed by atoms with E-state index in [2.05, 4.69) is 9.97 Å². The number of nitrogens with zero attached hydrogens (tertiary/aromatic N) is 3. The second-order valence-electron chi connectivity index (χ2n) is 5.82. The molecule has 0 saturated heterocycles. The molecule has 3 aromatic heterocycles. The number of aromatic nitrogens is 4. The minimum atomic E-state index is -0.297. The Morgan fingerprint density at radius 2 is 1.64 bits per heavy atom. The summed E-state index contributed by atoms with van der Waals surface area (Å²) < 4.78 is 16.2. The first kappa shape index (κ1) is 13.9. The highest BCUT2D eigenvalue weighted by atomic mass is 19.1. The van der Waals surface area contributed by atoms with Crippen molar-refractivity contribution < 1.29 is 4.39 Å². The van der Waals surface area contributed by atoms with E-state index >= 15 is 0 Å². The highest BCUT2D eigenvalue weighted by Crippen LogP contribution is 2.30. The number of hydrogen-bond donors (Lipinski definition) is 1. The molecule has 0 spiro atoms. The van der Waals surface area contributed by atoms with E-state index < -0.39 is 0 Å². The largest absolute Gasteiger partial charge is 0.337 e. The van der Waals surface area contributed by atoms with Crippen LogP contribution in [0.3, 0.4) is 0 Å². The van der Waals surface area contributed by atoms with Crippen molar-refractivity contribution in [2.75, 3.05) is 0 Å². The molecule has 0 aliphatic carbocycles. The van der Waals surface area contributed by atoms with Crippen LogP contribution in [-0.2, 0) is 0 Å². The molecule has 5 heteroatoms. The molecule has 3 heterocycles. The maximum absolute atomic E-state index is 14.3. The van der Waals surface area contributed by atoms with Crippen molar-refractivity contribution in [1.82, 2.24) is 19.4 Å². The van der Waals surface area contributed by atoms with Crippen molar-refractivity contribution >= 4 is 16.6 Å². The summed E-state index contributed by atoms with van der Waals surface area (Å²) in [5.74, 6) is 0.936. The van der Waals surface area contributed by atoms with Crippen LogP contribution in [0.25, 0.3) is 39.5 Å². The van der Waals surface area contributed by atoms with Gasteiger partial charge in [0.05, 0.1) is 22.1 Å². The Morgan fingerprint density at radius 1 is 0.840 bits per heavy atom. The van der Waals surface area contributed by atoms with Crippen molar-refractivity contribution in [3.05, 3.63) is 78.7 Å². The number of imidazole rings is 2. The van der Waals surface area contributed by atoms with Crippen LogP contribution in [0.15, 0.2) is 72.9 Å². The zero-order valence-electron chi connectivity index (χ0n) is 13.1. The van der Waals surface area contributed by atoms with Gasteiger partial charge in [0, 0.05) is 6.20 Å². The second kappa shape index (κ2) is 5.27. The third-order valence-electron chi connectivity index (χ3n) is 4.28. The SMILES string of the molecule is Fc1ccccc1-c1nc(-c2nc3ccccc3[nH]2)c2ccccn12.